The summed E-state index contributed by atoms with van der Waals surface area (Å²) in [7, 11) is 0. The van der Waals surface area contributed by atoms with Crippen molar-refractivity contribution in [1.29, 1.82) is 0 Å². The van der Waals surface area contributed by atoms with Crippen molar-refractivity contribution in [2.75, 3.05) is 0 Å². The predicted octanol–water partition coefficient (Wildman–Crippen LogP) is 3.36. The van der Waals surface area contributed by atoms with E-state index in [1.54, 1.807) is 0 Å². The molecular weight excluding hydrogens is 172 g/mol. The molecule has 2 unspecified atom stereocenters. The van der Waals surface area contributed by atoms with Crippen LogP contribution in [0.2, 0.25) is 0 Å². The van der Waals surface area contributed by atoms with Gasteiger partial charge in [0.05, 0.1) is 0 Å². The molecule has 1 fully saturated rings. The minimum atomic E-state index is -0.173. The summed E-state index contributed by atoms with van der Waals surface area (Å²) in [5.41, 5.74) is 0. The van der Waals surface area contributed by atoms with Crippen molar-refractivity contribution in [3.63, 3.8) is 0 Å². The smallest absolute Gasteiger partial charge is 0.221 e. The number of halogens is 1. The van der Waals surface area contributed by atoms with Crippen LogP contribution in [0.3, 0.4) is 0 Å². The highest BCUT2D eigenvalue weighted by molar-refractivity contribution is 6.63. The quantitative estimate of drug-likeness (QED) is 0.621. The van der Waals surface area contributed by atoms with Gasteiger partial charge in [0.2, 0.25) is 5.24 Å². The molecule has 2 heteroatoms. The van der Waals surface area contributed by atoms with Crippen LogP contribution in [-0.4, -0.2) is 5.24 Å². The van der Waals surface area contributed by atoms with Gasteiger partial charge in [-0.2, -0.15) is 0 Å². The lowest BCUT2D eigenvalue weighted by molar-refractivity contribution is -0.112. The Morgan fingerprint density at radius 3 is 2.67 bits per heavy atom. The molecule has 2 atom stereocenters. The summed E-state index contributed by atoms with van der Waals surface area (Å²) in [6.45, 7) is 2.29. The topological polar surface area (TPSA) is 17.1 Å². The maximum Gasteiger partial charge on any atom is 0.221 e. The van der Waals surface area contributed by atoms with Crippen LogP contribution in [0, 0.1) is 11.8 Å². The number of rotatable bonds is 3. The van der Waals surface area contributed by atoms with E-state index in [0.29, 0.717) is 6.42 Å². The Bertz CT molecular complexity index is 156. The zero-order valence-corrected chi connectivity index (χ0v) is 8.44. The highest BCUT2D eigenvalue weighted by atomic mass is 35.5. The molecule has 0 bridgehead atoms. The van der Waals surface area contributed by atoms with E-state index in [9.17, 15) is 4.79 Å². The molecule has 1 aliphatic rings. The molecule has 0 spiro atoms. The number of carbonyl (C=O) groups excluding carboxylic acids is 1. The van der Waals surface area contributed by atoms with Crippen molar-refractivity contribution in [3.8, 4) is 0 Å². The summed E-state index contributed by atoms with van der Waals surface area (Å²) in [6.07, 6.45) is 6.91. The standard InChI is InChI=1S/C10H17ClO/c1-8-4-2-3-5-9(8)6-7-10(11)12/h8-9H,2-7H2,1H3. The van der Waals surface area contributed by atoms with E-state index < -0.39 is 0 Å². The van der Waals surface area contributed by atoms with Crippen molar-refractivity contribution < 1.29 is 4.79 Å². The van der Waals surface area contributed by atoms with Gasteiger partial charge < -0.3 is 0 Å². The van der Waals surface area contributed by atoms with Crippen molar-refractivity contribution >= 4 is 16.8 Å². The lowest BCUT2D eigenvalue weighted by atomic mass is 9.78. The first-order valence-corrected chi connectivity index (χ1v) is 5.26. The molecule has 0 radical (unpaired) electrons. The summed E-state index contributed by atoms with van der Waals surface area (Å²) in [5, 5.41) is -0.173. The van der Waals surface area contributed by atoms with Gasteiger partial charge in [0.15, 0.2) is 0 Å². The fraction of sp³-hybridized carbons (Fsp3) is 0.900. The molecule has 0 amide bonds. The van der Waals surface area contributed by atoms with Crippen LogP contribution in [0.25, 0.3) is 0 Å². The highest BCUT2D eigenvalue weighted by Crippen LogP contribution is 2.32. The monoisotopic (exact) mass is 188 g/mol. The molecule has 0 N–H and O–H groups in total. The van der Waals surface area contributed by atoms with Gasteiger partial charge in [0.1, 0.15) is 0 Å². The molecule has 12 heavy (non-hydrogen) atoms. The second-order valence-electron chi connectivity index (χ2n) is 3.92. The van der Waals surface area contributed by atoms with Gasteiger partial charge in [-0.25, -0.2) is 0 Å². The summed E-state index contributed by atoms with van der Waals surface area (Å²) >= 11 is 5.31. The highest BCUT2D eigenvalue weighted by Gasteiger charge is 2.21. The maximum absolute atomic E-state index is 10.6. The van der Waals surface area contributed by atoms with Gasteiger partial charge in [-0.15, -0.1) is 0 Å². The van der Waals surface area contributed by atoms with Crippen LogP contribution < -0.4 is 0 Å². The van der Waals surface area contributed by atoms with Crippen molar-refractivity contribution in [2.24, 2.45) is 11.8 Å². The van der Waals surface area contributed by atoms with Gasteiger partial charge in [-0.05, 0) is 29.9 Å². The molecule has 0 saturated heterocycles. The van der Waals surface area contributed by atoms with Crippen molar-refractivity contribution in [2.45, 2.75) is 45.4 Å². The van der Waals surface area contributed by atoms with Gasteiger partial charge in [-0.3, -0.25) is 4.79 Å². The fourth-order valence-corrected chi connectivity index (χ4v) is 2.23. The van der Waals surface area contributed by atoms with Crippen molar-refractivity contribution in [3.05, 3.63) is 0 Å². The van der Waals surface area contributed by atoms with Gasteiger partial charge >= 0.3 is 0 Å². The Labute approximate surface area is 79.5 Å². The second kappa shape index (κ2) is 4.86. The Hall–Kier alpha value is -0.0400. The van der Waals surface area contributed by atoms with Crippen LogP contribution in [0.1, 0.15) is 45.4 Å². The van der Waals surface area contributed by atoms with Gasteiger partial charge in [-0.1, -0.05) is 32.6 Å². The lowest BCUT2D eigenvalue weighted by Gasteiger charge is -2.28. The van der Waals surface area contributed by atoms with E-state index in [1.165, 1.54) is 25.7 Å². The molecule has 0 aromatic heterocycles. The molecule has 70 valence electrons. The predicted molar refractivity (Wildman–Crippen MR) is 51.2 cm³/mol. The van der Waals surface area contributed by atoms with E-state index in [2.05, 4.69) is 6.92 Å². The van der Waals surface area contributed by atoms with E-state index in [1.807, 2.05) is 0 Å². The third-order valence-corrected chi connectivity index (χ3v) is 3.19. The lowest BCUT2D eigenvalue weighted by Crippen LogP contribution is -2.17. The van der Waals surface area contributed by atoms with Gasteiger partial charge in [0, 0.05) is 6.42 Å². The summed E-state index contributed by atoms with van der Waals surface area (Å²) in [5.74, 6) is 1.55. The number of carbonyl (C=O) groups is 1. The van der Waals surface area contributed by atoms with E-state index >= 15 is 0 Å². The molecular formula is C10H17ClO. The third kappa shape index (κ3) is 3.14. The zero-order chi connectivity index (χ0) is 8.97. The average molecular weight is 189 g/mol. The first-order chi connectivity index (χ1) is 5.70. The summed E-state index contributed by atoms with van der Waals surface area (Å²) < 4.78 is 0. The van der Waals surface area contributed by atoms with E-state index in [4.69, 9.17) is 11.6 Å². The minimum absolute atomic E-state index is 0.173. The second-order valence-corrected chi connectivity index (χ2v) is 4.34. The maximum atomic E-state index is 10.6. The third-order valence-electron chi connectivity index (χ3n) is 3.00. The molecule has 1 aliphatic carbocycles. The first-order valence-electron chi connectivity index (χ1n) is 4.88. The molecule has 1 saturated carbocycles. The zero-order valence-electron chi connectivity index (χ0n) is 7.68. The number of hydrogen-bond acceptors (Lipinski definition) is 1. The number of hydrogen-bond donors (Lipinski definition) is 0. The SMILES string of the molecule is CC1CCCCC1CCC(=O)Cl. The van der Waals surface area contributed by atoms with Crippen LogP contribution >= 0.6 is 11.6 Å². The van der Waals surface area contributed by atoms with Crippen LogP contribution in [-0.2, 0) is 4.79 Å². The minimum Gasteiger partial charge on any atom is -0.281 e. The van der Waals surface area contributed by atoms with Crippen LogP contribution in [0.5, 0.6) is 0 Å². The molecule has 0 aromatic carbocycles. The first kappa shape index (κ1) is 10.0. The fourth-order valence-electron chi connectivity index (χ4n) is 2.12. The van der Waals surface area contributed by atoms with E-state index in [0.717, 1.165) is 18.3 Å². The molecule has 1 nitrogen and oxygen atoms in total. The molecule has 0 aliphatic heterocycles. The van der Waals surface area contributed by atoms with Crippen LogP contribution in [0.15, 0.2) is 0 Å². The normalized spacial score (nSPS) is 30.2. The molecule has 0 heterocycles. The Kier molecular flexibility index (Phi) is 4.07. The van der Waals surface area contributed by atoms with Gasteiger partial charge in [0.25, 0.3) is 0 Å². The Balaban J connectivity index is 2.24. The average Bonchev–Trinajstić information content (AvgIpc) is 2.03. The Morgan fingerprint density at radius 2 is 2.08 bits per heavy atom. The van der Waals surface area contributed by atoms with E-state index in [-0.39, 0.29) is 5.24 Å². The van der Waals surface area contributed by atoms with Crippen molar-refractivity contribution in [1.82, 2.24) is 0 Å². The summed E-state index contributed by atoms with van der Waals surface area (Å²) in [6, 6.07) is 0. The summed E-state index contributed by atoms with van der Waals surface area (Å²) in [4.78, 5) is 10.6. The Morgan fingerprint density at radius 1 is 1.42 bits per heavy atom. The van der Waals surface area contributed by atoms with Crippen LogP contribution in [0.4, 0.5) is 0 Å². The molecule has 0 aromatic rings. The molecule has 1 rings (SSSR count). The largest absolute Gasteiger partial charge is 0.281 e.